The Morgan fingerprint density at radius 3 is 2.52 bits per heavy atom. The Hall–Kier alpha value is -3.25. The quantitative estimate of drug-likeness (QED) is 0.665. The second-order valence-electron chi connectivity index (χ2n) is 5.90. The molecule has 0 spiro atoms. The first kappa shape index (κ1) is 17.2. The molecule has 3 aromatic rings. The molecule has 1 amide bonds. The van der Waals surface area contributed by atoms with E-state index in [2.05, 4.69) is 4.99 Å². The molecule has 1 N–H and O–H groups in total. The lowest BCUT2D eigenvalue weighted by molar-refractivity contribution is -0.122. The van der Waals surface area contributed by atoms with Crippen LogP contribution in [0, 0.1) is 0 Å². The molecule has 1 aromatic heterocycles. The number of amides is 1. The number of benzene rings is 2. The van der Waals surface area contributed by atoms with E-state index in [0.717, 1.165) is 11.3 Å². The van der Waals surface area contributed by atoms with Crippen LogP contribution in [0.4, 0.5) is 5.69 Å². The van der Waals surface area contributed by atoms with Crippen LogP contribution in [0.5, 0.6) is 5.75 Å². The number of hydrogen-bond acceptors (Lipinski definition) is 5. The van der Waals surface area contributed by atoms with Crippen molar-refractivity contribution >= 4 is 34.6 Å². The van der Waals surface area contributed by atoms with Gasteiger partial charge >= 0.3 is 0 Å². The number of phenols is 1. The zero-order chi connectivity index (χ0) is 18.6. The van der Waals surface area contributed by atoms with Gasteiger partial charge in [0.2, 0.25) is 0 Å². The van der Waals surface area contributed by atoms with E-state index in [1.807, 2.05) is 36.4 Å². The first-order valence-electron chi connectivity index (χ1n) is 8.35. The number of rotatable bonds is 4. The predicted molar refractivity (Wildman–Crippen MR) is 106 cm³/mol. The van der Waals surface area contributed by atoms with Gasteiger partial charge in [0.1, 0.15) is 11.5 Å². The highest BCUT2D eigenvalue weighted by atomic mass is 32.2. The van der Waals surface area contributed by atoms with Gasteiger partial charge in [0, 0.05) is 0 Å². The van der Waals surface area contributed by atoms with Crippen molar-refractivity contribution < 1.29 is 14.3 Å². The van der Waals surface area contributed by atoms with Gasteiger partial charge in [-0.2, -0.15) is 0 Å². The Morgan fingerprint density at radius 1 is 1.04 bits per heavy atom. The number of amidine groups is 1. The molecule has 0 radical (unpaired) electrons. The maximum Gasteiger partial charge on any atom is 0.267 e. The van der Waals surface area contributed by atoms with E-state index in [4.69, 9.17) is 4.42 Å². The first-order chi connectivity index (χ1) is 13.2. The van der Waals surface area contributed by atoms with Crippen LogP contribution in [0.15, 0.2) is 87.3 Å². The number of aliphatic imine (C=N–C) groups is 1. The number of para-hydroxylation sites is 1. The van der Waals surface area contributed by atoms with Crippen molar-refractivity contribution in [2.45, 2.75) is 6.54 Å². The van der Waals surface area contributed by atoms with Gasteiger partial charge in [-0.25, -0.2) is 4.99 Å². The molecule has 1 aliphatic rings. The normalized spacial score (nSPS) is 17.2. The number of hydrogen-bond donors (Lipinski definition) is 1. The molecule has 1 aliphatic heterocycles. The van der Waals surface area contributed by atoms with Crippen LogP contribution in [0.3, 0.4) is 0 Å². The Morgan fingerprint density at radius 2 is 1.81 bits per heavy atom. The van der Waals surface area contributed by atoms with Gasteiger partial charge in [-0.1, -0.05) is 30.3 Å². The molecule has 4 rings (SSSR count). The molecule has 5 nitrogen and oxygen atoms in total. The lowest BCUT2D eigenvalue weighted by Gasteiger charge is -2.13. The molecule has 1 fully saturated rings. The molecule has 6 heteroatoms. The van der Waals surface area contributed by atoms with E-state index >= 15 is 0 Å². The van der Waals surface area contributed by atoms with Gasteiger partial charge in [-0.05, 0) is 59.8 Å². The summed E-state index contributed by atoms with van der Waals surface area (Å²) in [5.74, 6) is 0.753. The van der Waals surface area contributed by atoms with Crippen molar-refractivity contribution in [3.63, 3.8) is 0 Å². The van der Waals surface area contributed by atoms with Crippen LogP contribution in [-0.2, 0) is 11.3 Å². The predicted octanol–water partition coefficient (Wildman–Crippen LogP) is 4.79. The molecule has 1 saturated heterocycles. The monoisotopic (exact) mass is 376 g/mol. The van der Waals surface area contributed by atoms with Crippen molar-refractivity contribution in [2.24, 2.45) is 4.99 Å². The topological polar surface area (TPSA) is 66.0 Å². The number of thioether (sulfide) groups is 1. The molecule has 2 aromatic carbocycles. The summed E-state index contributed by atoms with van der Waals surface area (Å²) in [7, 11) is 0. The minimum atomic E-state index is -0.126. The van der Waals surface area contributed by atoms with E-state index < -0.39 is 0 Å². The largest absolute Gasteiger partial charge is 0.508 e. The van der Waals surface area contributed by atoms with Crippen LogP contribution in [-0.4, -0.2) is 21.1 Å². The van der Waals surface area contributed by atoms with Crippen molar-refractivity contribution in [2.75, 3.05) is 0 Å². The molecule has 134 valence electrons. The minimum absolute atomic E-state index is 0.126. The zero-order valence-electron chi connectivity index (χ0n) is 14.3. The van der Waals surface area contributed by atoms with Gasteiger partial charge in [-0.15, -0.1) is 0 Å². The standard InChI is InChI=1S/C21H16N2O3S/c24-17-10-8-15(9-11-17)13-19-20(25)23(14-18-7-4-12-26-18)21(27-19)22-16-5-2-1-3-6-16/h1-13,24H,14H2/b19-13+,22-21+. The fourth-order valence-corrected chi connectivity index (χ4v) is 3.62. The van der Waals surface area contributed by atoms with E-state index in [9.17, 15) is 9.90 Å². The number of nitrogens with zero attached hydrogens (tertiary/aromatic N) is 2. The third kappa shape index (κ3) is 3.96. The summed E-state index contributed by atoms with van der Waals surface area (Å²) in [4.78, 5) is 19.8. The Labute approximate surface area is 160 Å². The van der Waals surface area contributed by atoms with Crippen LogP contribution in [0.1, 0.15) is 11.3 Å². The van der Waals surface area contributed by atoms with Gasteiger partial charge in [0.25, 0.3) is 5.91 Å². The molecule has 0 aliphatic carbocycles. The number of phenolic OH excluding ortho intramolecular Hbond substituents is 1. The van der Waals surface area contributed by atoms with Crippen molar-refractivity contribution in [3.05, 3.63) is 89.2 Å². The Bertz CT molecular complexity index is 994. The van der Waals surface area contributed by atoms with E-state index in [0.29, 0.717) is 22.4 Å². The lowest BCUT2D eigenvalue weighted by Crippen LogP contribution is -2.28. The van der Waals surface area contributed by atoms with Gasteiger partial charge in [-0.3, -0.25) is 9.69 Å². The molecular weight excluding hydrogens is 360 g/mol. The summed E-state index contributed by atoms with van der Waals surface area (Å²) in [5.41, 5.74) is 1.62. The SMILES string of the molecule is O=C1/C(=C\c2ccc(O)cc2)S/C(=N/c2ccccc2)N1Cc1ccco1. The molecule has 27 heavy (non-hydrogen) atoms. The van der Waals surface area contributed by atoms with Crippen molar-refractivity contribution in [1.29, 1.82) is 0 Å². The second kappa shape index (κ2) is 7.55. The fraction of sp³-hybridized carbons (Fsp3) is 0.0476. The van der Waals surface area contributed by atoms with E-state index in [1.54, 1.807) is 47.6 Å². The highest BCUT2D eigenvalue weighted by Crippen LogP contribution is 2.35. The maximum absolute atomic E-state index is 13.0. The number of carbonyl (C=O) groups is 1. The Balaban J connectivity index is 1.68. The summed E-state index contributed by atoms with van der Waals surface area (Å²) >= 11 is 1.33. The highest BCUT2D eigenvalue weighted by Gasteiger charge is 2.34. The average molecular weight is 376 g/mol. The number of carbonyl (C=O) groups excluding carboxylic acids is 1. The first-order valence-corrected chi connectivity index (χ1v) is 9.17. The van der Waals surface area contributed by atoms with Crippen molar-refractivity contribution in [3.8, 4) is 5.75 Å². The van der Waals surface area contributed by atoms with Crippen LogP contribution in [0.2, 0.25) is 0 Å². The second-order valence-corrected chi connectivity index (χ2v) is 6.91. The average Bonchev–Trinajstić information content (AvgIpc) is 3.29. The summed E-state index contributed by atoms with van der Waals surface area (Å²) < 4.78 is 5.40. The molecule has 0 unspecified atom stereocenters. The smallest absolute Gasteiger partial charge is 0.267 e. The summed E-state index contributed by atoms with van der Waals surface area (Å²) in [6.45, 7) is 0.317. The highest BCUT2D eigenvalue weighted by molar-refractivity contribution is 8.18. The number of aromatic hydroxyl groups is 1. The lowest BCUT2D eigenvalue weighted by atomic mass is 10.2. The van der Waals surface area contributed by atoms with Crippen molar-refractivity contribution in [1.82, 2.24) is 4.90 Å². The summed E-state index contributed by atoms with van der Waals surface area (Å²) in [5, 5.41) is 10.0. The molecule has 2 heterocycles. The third-order valence-electron chi connectivity index (χ3n) is 3.95. The Kier molecular flexibility index (Phi) is 4.80. The molecule has 0 saturated carbocycles. The summed E-state index contributed by atoms with van der Waals surface area (Å²) in [6.07, 6.45) is 3.39. The van der Waals surface area contributed by atoms with Gasteiger partial charge < -0.3 is 9.52 Å². The third-order valence-corrected chi connectivity index (χ3v) is 4.96. The van der Waals surface area contributed by atoms with Gasteiger partial charge in [0.15, 0.2) is 5.17 Å². The maximum atomic E-state index is 13.0. The van der Waals surface area contributed by atoms with E-state index in [-0.39, 0.29) is 11.7 Å². The molecule has 0 bridgehead atoms. The fourth-order valence-electron chi connectivity index (χ4n) is 2.62. The molecule has 0 atom stereocenters. The van der Waals surface area contributed by atoms with Crippen LogP contribution in [0.25, 0.3) is 6.08 Å². The van der Waals surface area contributed by atoms with Crippen LogP contribution < -0.4 is 0 Å². The zero-order valence-corrected chi connectivity index (χ0v) is 15.1. The van der Waals surface area contributed by atoms with Gasteiger partial charge in [0.05, 0.1) is 23.4 Å². The minimum Gasteiger partial charge on any atom is -0.508 e. The van der Waals surface area contributed by atoms with Crippen LogP contribution >= 0.6 is 11.8 Å². The van der Waals surface area contributed by atoms with E-state index in [1.165, 1.54) is 11.8 Å². The molecular formula is C21H16N2O3S. The number of furan rings is 1. The summed E-state index contributed by atoms with van der Waals surface area (Å²) in [6, 6.07) is 19.9.